The molecule has 1 N–H and O–H groups in total. The van der Waals surface area contributed by atoms with E-state index in [1.54, 1.807) is 24.5 Å². The average molecular weight is 401 g/mol. The van der Waals surface area contributed by atoms with Crippen molar-refractivity contribution in [3.8, 4) is 17.1 Å². The fourth-order valence-electron chi connectivity index (χ4n) is 2.83. The predicted octanol–water partition coefficient (Wildman–Crippen LogP) is 4.37. The number of pyridine rings is 1. The standard InChI is InChI=1S/C22H19N5OS/c1-16-9-11-19(12-10-16)27-21(17-6-3-2-4-7-17)25-26-22(27)29-15-20(28)24-18-8-5-13-23-14-18/h2-14H,15H2,1H3,(H,24,28). The number of hydrogen-bond acceptors (Lipinski definition) is 5. The van der Waals surface area contributed by atoms with Crippen LogP contribution in [0.3, 0.4) is 0 Å². The Morgan fingerprint density at radius 1 is 1.00 bits per heavy atom. The van der Waals surface area contributed by atoms with Gasteiger partial charge in [0.2, 0.25) is 5.91 Å². The molecule has 0 spiro atoms. The lowest BCUT2D eigenvalue weighted by Crippen LogP contribution is -2.14. The fraction of sp³-hybridized carbons (Fsp3) is 0.0909. The third kappa shape index (κ3) is 4.52. The SMILES string of the molecule is Cc1ccc(-n2c(SCC(=O)Nc3cccnc3)nnc2-c2ccccc2)cc1. The maximum Gasteiger partial charge on any atom is 0.234 e. The van der Waals surface area contributed by atoms with Gasteiger partial charge in [0.1, 0.15) is 0 Å². The lowest BCUT2D eigenvalue weighted by Gasteiger charge is -2.11. The molecule has 2 aromatic heterocycles. The van der Waals surface area contributed by atoms with E-state index < -0.39 is 0 Å². The first-order valence-corrected chi connectivity index (χ1v) is 10.1. The lowest BCUT2D eigenvalue weighted by atomic mass is 10.2. The van der Waals surface area contributed by atoms with Crippen LogP contribution in [-0.2, 0) is 4.79 Å². The van der Waals surface area contributed by atoms with E-state index in [0.29, 0.717) is 10.8 Å². The Bertz CT molecular complexity index is 1100. The summed E-state index contributed by atoms with van der Waals surface area (Å²) < 4.78 is 1.98. The minimum absolute atomic E-state index is 0.122. The highest BCUT2D eigenvalue weighted by molar-refractivity contribution is 7.99. The predicted molar refractivity (Wildman–Crippen MR) is 115 cm³/mol. The molecule has 0 aliphatic rings. The Balaban J connectivity index is 1.60. The zero-order valence-corrected chi connectivity index (χ0v) is 16.6. The smallest absolute Gasteiger partial charge is 0.234 e. The van der Waals surface area contributed by atoms with E-state index in [9.17, 15) is 4.79 Å². The van der Waals surface area contributed by atoms with Gasteiger partial charge in [-0.05, 0) is 31.2 Å². The quantitative estimate of drug-likeness (QED) is 0.486. The molecule has 0 aliphatic carbocycles. The first kappa shape index (κ1) is 18.9. The van der Waals surface area contributed by atoms with E-state index in [4.69, 9.17) is 0 Å². The van der Waals surface area contributed by atoms with Crippen molar-refractivity contribution < 1.29 is 4.79 Å². The van der Waals surface area contributed by atoms with Crippen molar-refractivity contribution in [3.05, 3.63) is 84.7 Å². The van der Waals surface area contributed by atoms with Gasteiger partial charge in [-0.2, -0.15) is 0 Å². The number of nitrogens with zero attached hydrogens (tertiary/aromatic N) is 4. The molecule has 2 aromatic carbocycles. The maximum atomic E-state index is 12.3. The van der Waals surface area contributed by atoms with E-state index in [1.165, 1.54) is 17.3 Å². The van der Waals surface area contributed by atoms with Crippen molar-refractivity contribution in [2.24, 2.45) is 0 Å². The van der Waals surface area contributed by atoms with Gasteiger partial charge in [-0.3, -0.25) is 14.3 Å². The van der Waals surface area contributed by atoms with Crippen LogP contribution in [0.2, 0.25) is 0 Å². The van der Waals surface area contributed by atoms with Gasteiger partial charge in [0.15, 0.2) is 11.0 Å². The minimum Gasteiger partial charge on any atom is -0.324 e. The molecule has 0 radical (unpaired) electrons. The van der Waals surface area contributed by atoms with Gasteiger partial charge in [-0.1, -0.05) is 59.8 Å². The van der Waals surface area contributed by atoms with Gasteiger partial charge in [0.05, 0.1) is 17.6 Å². The maximum absolute atomic E-state index is 12.3. The summed E-state index contributed by atoms with van der Waals surface area (Å²) in [7, 11) is 0. The number of aryl methyl sites for hydroxylation is 1. The minimum atomic E-state index is -0.122. The van der Waals surface area contributed by atoms with Crippen LogP contribution in [0.15, 0.2) is 84.3 Å². The zero-order valence-electron chi connectivity index (χ0n) is 15.8. The van der Waals surface area contributed by atoms with Crippen LogP contribution in [0.1, 0.15) is 5.56 Å². The van der Waals surface area contributed by atoms with Crippen LogP contribution in [0.4, 0.5) is 5.69 Å². The van der Waals surface area contributed by atoms with Crippen molar-refractivity contribution in [1.82, 2.24) is 19.7 Å². The van der Waals surface area contributed by atoms with Crippen LogP contribution in [0, 0.1) is 6.92 Å². The van der Waals surface area contributed by atoms with Crippen LogP contribution in [0.5, 0.6) is 0 Å². The van der Waals surface area contributed by atoms with Gasteiger partial charge in [-0.25, -0.2) is 0 Å². The second-order valence-electron chi connectivity index (χ2n) is 6.42. The monoisotopic (exact) mass is 401 g/mol. The van der Waals surface area contributed by atoms with Gasteiger partial charge in [-0.15, -0.1) is 10.2 Å². The molecular formula is C22H19N5OS. The van der Waals surface area contributed by atoms with Gasteiger partial charge >= 0.3 is 0 Å². The summed E-state index contributed by atoms with van der Waals surface area (Å²) in [5.41, 5.74) is 3.76. The molecule has 4 rings (SSSR count). The van der Waals surface area contributed by atoms with Crippen LogP contribution >= 0.6 is 11.8 Å². The molecule has 144 valence electrons. The average Bonchev–Trinajstić information content (AvgIpc) is 3.18. The number of rotatable bonds is 6. The number of amides is 1. The van der Waals surface area contributed by atoms with Gasteiger partial charge in [0.25, 0.3) is 0 Å². The molecule has 0 saturated carbocycles. The number of aromatic nitrogens is 4. The van der Waals surface area contributed by atoms with E-state index in [0.717, 1.165) is 17.1 Å². The molecule has 0 bridgehead atoms. The molecule has 2 heterocycles. The number of benzene rings is 2. The Morgan fingerprint density at radius 3 is 2.52 bits per heavy atom. The largest absolute Gasteiger partial charge is 0.324 e. The van der Waals surface area contributed by atoms with Crippen molar-refractivity contribution in [3.63, 3.8) is 0 Å². The third-order valence-corrected chi connectivity index (χ3v) is 5.16. The summed E-state index contributed by atoms with van der Waals surface area (Å²) >= 11 is 1.35. The Kier molecular flexibility index (Phi) is 5.67. The summed E-state index contributed by atoms with van der Waals surface area (Å²) in [5, 5.41) is 12.3. The number of nitrogens with one attached hydrogen (secondary N) is 1. The molecule has 4 aromatic rings. The van der Waals surface area contributed by atoms with Crippen LogP contribution in [0.25, 0.3) is 17.1 Å². The second-order valence-corrected chi connectivity index (χ2v) is 7.36. The summed E-state index contributed by atoms with van der Waals surface area (Å²) in [6.45, 7) is 2.05. The van der Waals surface area contributed by atoms with E-state index in [1.807, 2.05) is 66.1 Å². The van der Waals surface area contributed by atoms with Crippen molar-refractivity contribution in [1.29, 1.82) is 0 Å². The highest BCUT2D eigenvalue weighted by Gasteiger charge is 2.17. The highest BCUT2D eigenvalue weighted by Crippen LogP contribution is 2.28. The first-order valence-electron chi connectivity index (χ1n) is 9.11. The molecule has 0 atom stereocenters. The molecule has 0 aliphatic heterocycles. The number of carbonyl (C=O) groups is 1. The Labute approximate surface area is 173 Å². The zero-order chi connectivity index (χ0) is 20.1. The molecule has 1 amide bonds. The number of thioether (sulfide) groups is 1. The van der Waals surface area contributed by atoms with E-state index in [-0.39, 0.29) is 11.7 Å². The van der Waals surface area contributed by atoms with Crippen LogP contribution < -0.4 is 5.32 Å². The summed E-state index contributed by atoms with van der Waals surface area (Å²) in [4.78, 5) is 16.3. The summed E-state index contributed by atoms with van der Waals surface area (Å²) in [5.74, 6) is 0.834. The van der Waals surface area contributed by atoms with Gasteiger partial charge in [0, 0.05) is 17.4 Å². The fourth-order valence-corrected chi connectivity index (χ4v) is 3.58. The van der Waals surface area contributed by atoms with Gasteiger partial charge < -0.3 is 5.32 Å². The summed E-state index contributed by atoms with van der Waals surface area (Å²) in [6, 6.07) is 21.7. The Hall–Kier alpha value is -3.45. The summed E-state index contributed by atoms with van der Waals surface area (Å²) in [6.07, 6.45) is 3.28. The molecule has 0 unspecified atom stereocenters. The molecular weight excluding hydrogens is 382 g/mol. The molecule has 29 heavy (non-hydrogen) atoms. The first-order chi connectivity index (χ1) is 14.2. The van der Waals surface area contributed by atoms with Crippen molar-refractivity contribution in [2.45, 2.75) is 12.1 Å². The molecule has 6 nitrogen and oxygen atoms in total. The number of carbonyl (C=O) groups excluding carboxylic acids is 1. The van der Waals surface area contributed by atoms with Crippen molar-refractivity contribution in [2.75, 3.05) is 11.1 Å². The topological polar surface area (TPSA) is 72.7 Å². The molecule has 0 fully saturated rings. The van der Waals surface area contributed by atoms with Crippen molar-refractivity contribution >= 4 is 23.4 Å². The van der Waals surface area contributed by atoms with Crippen LogP contribution in [-0.4, -0.2) is 31.4 Å². The molecule has 7 heteroatoms. The van der Waals surface area contributed by atoms with E-state index >= 15 is 0 Å². The number of anilines is 1. The highest BCUT2D eigenvalue weighted by atomic mass is 32.2. The second kappa shape index (κ2) is 8.70. The third-order valence-electron chi connectivity index (χ3n) is 4.24. The lowest BCUT2D eigenvalue weighted by molar-refractivity contribution is -0.113. The van der Waals surface area contributed by atoms with E-state index in [2.05, 4.69) is 20.5 Å². The number of hydrogen-bond donors (Lipinski definition) is 1. The Morgan fingerprint density at radius 2 is 1.79 bits per heavy atom. The normalized spacial score (nSPS) is 10.7. The molecule has 0 saturated heterocycles.